The zero-order valence-corrected chi connectivity index (χ0v) is 13.6. The Morgan fingerprint density at radius 1 is 1.13 bits per heavy atom. The number of nitrogens with one attached hydrogen (secondary N) is 1. The second-order valence-electron chi connectivity index (χ2n) is 6.75. The minimum atomic E-state index is -0.727. The lowest BCUT2D eigenvalue weighted by Crippen LogP contribution is -2.45. The van der Waals surface area contributed by atoms with Gasteiger partial charge in [0.2, 0.25) is 0 Å². The van der Waals surface area contributed by atoms with E-state index in [-0.39, 0.29) is 17.9 Å². The molecule has 2 aliphatic rings. The summed E-state index contributed by atoms with van der Waals surface area (Å²) in [6.45, 7) is 4.09. The number of carboxylic acids is 1. The van der Waals surface area contributed by atoms with Crippen LogP contribution in [0.4, 0.5) is 0 Å². The lowest BCUT2D eigenvalue weighted by atomic mass is 9.86. The highest BCUT2D eigenvalue weighted by atomic mass is 16.5. The summed E-state index contributed by atoms with van der Waals surface area (Å²) in [5.41, 5.74) is 3.46. The first-order valence-corrected chi connectivity index (χ1v) is 8.24. The molecule has 0 spiro atoms. The number of carboxylic acid groups (broad SMARTS) is 1. The lowest BCUT2D eigenvalue weighted by Gasteiger charge is -2.27. The molecule has 23 heavy (non-hydrogen) atoms. The third-order valence-corrected chi connectivity index (χ3v) is 5.07. The highest BCUT2D eigenvalue weighted by molar-refractivity contribution is 5.83. The van der Waals surface area contributed by atoms with E-state index in [1.165, 1.54) is 5.56 Å². The molecule has 2 N–H and O–H groups in total. The average molecular weight is 317 g/mol. The van der Waals surface area contributed by atoms with Gasteiger partial charge in [0.05, 0.1) is 5.92 Å². The van der Waals surface area contributed by atoms with Crippen molar-refractivity contribution in [3.05, 3.63) is 28.8 Å². The fourth-order valence-corrected chi connectivity index (χ4v) is 3.44. The Hall–Kier alpha value is -2.04. The van der Waals surface area contributed by atoms with Crippen LogP contribution in [0.5, 0.6) is 5.75 Å². The van der Waals surface area contributed by atoms with Gasteiger partial charge < -0.3 is 15.2 Å². The number of ether oxygens (including phenoxy) is 1. The number of aliphatic carboxylic acids is 1. The Morgan fingerprint density at radius 3 is 2.43 bits per heavy atom. The highest BCUT2D eigenvalue weighted by Gasteiger charge is 2.32. The maximum Gasteiger partial charge on any atom is 0.306 e. The molecule has 0 unspecified atom stereocenters. The molecule has 1 atom stereocenters. The van der Waals surface area contributed by atoms with Crippen LogP contribution in [-0.2, 0) is 16.0 Å². The number of aryl methyl sites for hydroxylation is 2. The van der Waals surface area contributed by atoms with Gasteiger partial charge in [-0.15, -0.1) is 0 Å². The second kappa shape index (κ2) is 6.22. The van der Waals surface area contributed by atoms with E-state index in [4.69, 9.17) is 9.84 Å². The van der Waals surface area contributed by atoms with Crippen molar-refractivity contribution in [3.63, 3.8) is 0 Å². The number of carbonyl (C=O) groups is 2. The second-order valence-corrected chi connectivity index (χ2v) is 6.75. The zero-order valence-electron chi connectivity index (χ0n) is 13.6. The molecule has 124 valence electrons. The van der Waals surface area contributed by atoms with E-state index in [2.05, 4.69) is 18.3 Å². The number of rotatable bonds is 3. The average Bonchev–Trinajstić information content (AvgIpc) is 2.91. The van der Waals surface area contributed by atoms with Gasteiger partial charge in [0.15, 0.2) is 6.10 Å². The molecule has 3 rings (SSSR count). The summed E-state index contributed by atoms with van der Waals surface area (Å²) in [7, 11) is 0. The van der Waals surface area contributed by atoms with Crippen molar-refractivity contribution < 1.29 is 19.4 Å². The molecular formula is C18H23NO4. The molecule has 1 fully saturated rings. The predicted octanol–water partition coefficient (Wildman–Crippen LogP) is 2.37. The number of fused-ring (bicyclic) bond motifs is 1. The van der Waals surface area contributed by atoms with Crippen molar-refractivity contribution >= 4 is 11.9 Å². The molecule has 0 bridgehead atoms. The first-order chi connectivity index (χ1) is 10.9. The van der Waals surface area contributed by atoms with Gasteiger partial charge in [-0.05, 0) is 62.3 Å². The summed E-state index contributed by atoms with van der Waals surface area (Å²) < 4.78 is 5.80. The summed E-state index contributed by atoms with van der Waals surface area (Å²) in [5, 5.41) is 12.0. The summed E-state index contributed by atoms with van der Waals surface area (Å²) >= 11 is 0. The molecule has 1 aromatic carbocycles. The zero-order chi connectivity index (χ0) is 16.6. The van der Waals surface area contributed by atoms with E-state index >= 15 is 0 Å². The number of carbonyl (C=O) groups excluding carboxylic acids is 1. The van der Waals surface area contributed by atoms with E-state index in [1.54, 1.807) is 0 Å². The quantitative estimate of drug-likeness (QED) is 0.897. The maximum atomic E-state index is 12.4. The van der Waals surface area contributed by atoms with E-state index in [0.29, 0.717) is 19.3 Å². The normalized spacial score (nSPS) is 26.3. The molecule has 1 heterocycles. The number of hydrogen-bond donors (Lipinski definition) is 2. The molecule has 5 nitrogen and oxygen atoms in total. The summed E-state index contributed by atoms with van der Waals surface area (Å²) in [4.78, 5) is 23.4. The highest BCUT2D eigenvalue weighted by Crippen LogP contribution is 2.32. The van der Waals surface area contributed by atoms with Crippen molar-refractivity contribution in [1.29, 1.82) is 0 Å². The van der Waals surface area contributed by atoms with Gasteiger partial charge in [-0.3, -0.25) is 9.59 Å². The van der Waals surface area contributed by atoms with Crippen LogP contribution in [-0.4, -0.2) is 29.1 Å². The summed E-state index contributed by atoms with van der Waals surface area (Å²) in [6.07, 6.45) is 2.84. The van der Waals surface area contributed by atoms with Crippen molar-refractivity contribution in [2.45, 2.75) is 58.1 Å². The predicted molar refractivity (Wildman–Crippen MR) is 85.6 cm³/mol. The minimum Gasteiger partial charge on any atom is -0.481 e. The third kappa shape index (κ3) is 3.33. The van der Waals surface area contributed by atoms with Crippen LogP contribution in [0.2, 0.25) is 0 Å². The van der Waals surface area contributed by atoms with Gasteiger partial charge in [0.1, 0.15) is 5.75 Å². The Kier molecular flexibility index (Phi) is 4.28. The minimum absolute atomic E-state index is 0.0638. The SMILES string of the molecule is Cc1cc2c(cc1C)O[C@H](C(=O)NC1CCC(C(=O)O)CC1)C2. The maximum absolute atomic E-state index is 12.4. The molecule has 1 aromatic rings. The molecule has 0 saturated heterocycles. The largest absolute Gasteiger partial charge is 0.481 e. The monoisotopic (exact) mass is 317 g/mol. The van der Waals surface area contributed by atoms with E-state index in [1.807, 2.05) is 13.0 Å². The first-order valence-electron chi connectivity index (χ1n) is 8.24. The van der Waals surface area contributed by atoms with Crippen LogP contribution in [0, 0.1) is 19.8 Å². The van der Waals surface area contributed by atoms with Gasteiger partial charge in [0.25, 0.3) is 5.91 Å². The molecule has 1 aliphatic carbocycles. The van der Waals surface area contributed by atoms with Crippen molar-refractivity contribution in [2.24, 2.45) is 5.92 Å². The summed E-state index contributed by atoms with van der Waals surface area (Å²) in [6, 6.07) is 4.15. The lowest BCUT2D eigenvalue weighted by molar-refractivity contribution is -0.142. The molecule has 0 aromatic heterocycles. The smallest absolute Gasteiger partial charge is 0.306 e. The summed E-state index contributed by atoms with van der Waals surface area (Å²) in [5.74, 6) is -0.269. The van der Waals surface area contributed by atoms with Crippen molar-refractivity contribution in [1.82, 2.24) is 5.32 Å². The molecule has 1 saturated carbocycles. The van der Waals surface area contributed by atoms with Crippen LogP contribution in [0.15, 0.2) is 12.1 Å². The third-order valence-electron chi connectivity index (χ3n) is 5.07. The Balaban J connectivity index is 1.55. The van der Waals surface area contributed by atoms with Crippen LogP contribution < -0.4 is 10.1 Å². The number of hydrogen-bond acceptors (Lipinski definition) is 3. The Labute approximate surface area is 136 Å². The first kappa shape index (κ1) is 15.8. The van der Waals surface area contributed by atoms with E-state index in [0.717, 1.165) is 29.7 Å². The molecular weight excluding hydrogens is 294 g/mol. The number of benzene rings is 1. The standard InChI is InChI=1S/C18H23NO4/c1-10-7-13-9-16(23-15(13)8-11(10)2)17(20)19-14-5-3-12(4-6-14)18(21)22/h7-8,12,14,16H,3-6,9H2,1-2H3,(H,19,20)(H,21,22)/t12?,14?,16-/m0/s1. The molecule has 0 radical (unpaired) electrons. The fraction of sp³-hybridized carbons (Fsp3) is 0.556. The van der Waals surface area contributed by atoms with Crippen LogP contribution in [0.25, 0.3) is 0 Å². The fourth-order valence-electron chi connectivity index (χ4n) is 3.44. The number of amides is 1. The van der Waals surface area contributed by atoms with Gasteiger partial charge in [-0.2, -0.15) is 0 Å². The molecule has 5 heteroatoms. The van der Waals surface area contributed by atoms with Crippen LogP contribution in [0.3, 0.4) is 0 Å². The van der Waals surface area contributed by atoms with Gasteiger partial charge in [0, 0.05) is 12.5 Å². The molecule has 1 amide bonds. The van der Waals surface area contributed by atoms with Crippen molar-refractivity contribution in [2.75, 3.05) is 0 Å². The van der Waals surface area contributed by atoms with Gasteiger partial charge >= 0.3 is 5.97 Å². The van der Waals surface area contributed by atoms with Crippen molar-refractivity contribution in [3.8, 4) is 5.75 Å². The van der Waals surface area contributed by atoms with Crippen LogP contribution >= 0.6 is 0 Å². The Morgan fingerprint density at radius 2 is 1.78 bits per heavy atom. The Bertz CT molecular complexity index is 601. The van der Waals surface area contributed by atoms with Crippen LogP contribution in [0.1, 0.15) is 42.4 Å². The van der Waals surface area contributed by atoms with Gasteiger partial charge in [-0.25, -0.2) is 0 Å². The van der Waals surface area contributed by atoms with E-state index < -0.39 is 12.1 Å². The van der Waals surface area contributed by atoms with Gasteiger partial charge in [-0.1, -0.05) is 6.07 Å². The van der Waals surface area contributed by atoms with E-state index in [9.17, 15) is 9.59 Å². The topological polar surface area (TPSA) is 75.6 Å². The molecule has 1 aliphatic heterocycles.